The maximum absolute atomic E-state index is 12.8. The van der Waals surface area contributed by atoms with E-state index in [0.29, 0.717) is 25.4 Å². The second-order valence-corrected chi connectivity index (χ2v) is 7.01. The monoisotopic (exact) mass is 389 g/mol. The van der Waals surface area contributed by atoms with Crippen LogP contribution in [0.3, 0.4) is 0 Å². The van der Waals surface area contributed by atoms with Crippen LogP contribution in [-0.2, 0) is 18.0 Å². The van der Waals surface area contributed by atoms with Crippen molar-refractivity contribution in [1.29, 1.82) is 0 Å². The molecule has 1 amide bonds. The number of ether oxygens (including phenoxy) is 2. The molecule has 0 radical (unpaired) electrons. The van der Waals surface area contributed by atoms with Gasteiger partial charge < -0.3 is 14.8 Å². The first-order chi connectivity index (χ1) is 14.1. The van der Waals surface area contributed by atoms with Crippen LogP contribution in [0.25, 0.3) is 0 Å². The van der Waals surface area contributed by atoms with E-state index in [-0.39, 0.29) is 5.91 Å². The van der Waals surface area contributed by atoms with Gasteiger partial charge in [-0.25, -0.2) is 0 Å². The molecular weight excluding hydrogens is 362 g/mol. The zero-order chi connectivity index (χ0) is 20.6. The molecule has 0 atom stereocenters. The number of carbonyl (C=O) groups is 1. The topological polar surface area (TPSA) is 47.6 Å². The number of benzene rings is 3. The molecule has 0 heterocycles. The molecule has 0 aromatic heterocycles. The summed E-state index contributed by atoms with van der Waals surface area (Å²) in [7, 11) is 0. The fourth-order valence-corrected chi connectivity index (χ4v) is 3.05. The number of aryl methyl sites for hydroxylation is 2. The Balaban J connectivity index is 1.74. The number of hydrogen-bond acceptors (Lipinski definition) is 3. The quantitative estimate of drug-likeness (QED) is 0.540. The number of carbonyl (C=O) groups excluding carboxylic acids is 1. The van der Waals surface area contributed by atoms with Gasteiger partial charge in [-0.05, 0) is 61.7 Å². The Labute approximate surface area is 172 Å². The zero-order valence-electron chi connectivity index (χ0n) is 17.2. The van der Waals surface area contributed by atoms with Gasteiger partial charge in [-0.15, -0.1) is 0 Å². The van der Waals surface area contributed by atoms with Gasteiger partial charge in [0.2, 0.25) is 0 Å². The van der Waals surface area contributed by atoms with Gasteiger partial charge in [-0.2, -0.15) is 0 Å². The Kier molecular flexibility index (Phi) is 7.04. The van der Waals surface area contributed by atoms with Crippen molar-refractivity contribution in [3.63, 3.8) is 0 Å². The minimum absolute atomic E-state index is 0.147. The highest BCUT2D eigenvalue weighted by atomic mass is 16.5. The molecule has 0 spiro atoms. The van der Waals surface area contributed by atoms with Crippen molar-refractivity contribution in [2.24, 2.45) is 0 Å². The fraction of sp³-hybridized carbons (Fsp3) is 0.240. The largest absolute Gasteiger partial charge is 0.494 e. The van der Waals surface area contributed by atoms with E-state index in [1.165, 1.54) is 0 Å². The van der Waals surface area contributed by atoms with Gasteiger partial charge in [0.05, 0.1) is 19.8 Å². The normalized spacial score (nSPS) is 10.6. The Morgan fingerprint density at radius 2 is 1.72 bits per heavy atom. The molecule has 3 aromatic carbocycles. The zero-order valence-corrected chi connectivity index (χ0v) is 17.2. The molecule has 0 fully saturated rings. The minimum atomic E-state index is -0.147. The van der Waals surface area contributed by atoms with Gasteiger partial charge in [-0.1, -0.05) is 42.5 Å². The number of hydrogen-bond donors (Lipinski definition) is 1. The van der Waals surface area contributed by atoms with Crippen LogP contribution in [-0.4, -0.2) is 12.5 Å². The van der Waals surface area contributed by atoms with Crippen molar-refractivity contribution in [3.8, 4) is 5.75 Å². The van der Waals surface area contributed by atoms with Crippen molar-refractivity contribution >= 4 is 11.6 Å². The van der Waals surface area contributed by atoms with Crippen molar-refractivity contribution in [1.82, 2.24) is 0 Å². The van der Waals surface area contributed by atoms with Crippen LogP contribution in [0.2, 0.25) is 0 Å². The van der Waals surface area contributed by atoms with E-state index >= 15 is 0 Å². The third kappa shape index (κ3) is 5.69. The van der Waals surface area contributed by atoms with Gasteiger partial charge in [0.25, 0.3) is 5.91 Å². The van der Waals surface area contributed by atoms with Crippen LogP contribution in [0.5, 0.6) is 5.75 Å². The van der Waals surface area contributed by atoms with E-state index in [1.54, 1.807) is 6.07 Å². The Morgan fingerprint density at radius 3 is 2.48 bits per heavy atom. The average Bonchev–Trinajstić information content (AvgIpc) is 2.72. The summed E-state index contributed by atoms with van der Waals surface area (Å²) in [5, 5.41) is 3.01. The standard InChI is InChI=1S/C25H27NO3/c1-4-29-24-13-12-21(25(27)26-23-14-18(2)10-11-19(23)3)15-22(24)17-28-16-20-8-6-5-7-9-20/h5-15H,4,16-17H2,1-3H3,(H,26,27). The van der Waals surface area contributed by atoms with Crippen LogP contribution < -0.4 is 10.1 Å². The lowest BCUT2D eigenvalue weighted by molar-refractivity contribution is 0.101. The molecular formula is C25H27NO3. The van der Waals surface area contributed by atoms with Crippen molar-refractivity contribution in [3.05, 3.63) is 94.5 Å². The third-order valence-corrected chi connectivity index (χ3v) is 4.63. The summed E-state index contributed by atoms with van der Waals surface area (Å²) in [5.41, 5.74) is 5.50. The smallest absolute Gasteiger partial charge is 0.255 e. The molecule has 0 aliphatic rings. The molecule has 1 N–H and O–H groups in total. The molecule has 3 aromatic rings. The van der Waals surface area contributed by atoms with E-state index in [1.807, 2.05) is 81.4 Å². The van der Waals surface area contributed by atoms with Crippen molar-refractivity contribution in [2.45, 2.75) is 34.0 Å². The summed E-state index contributed by atoms with van der Waals surface area (Å²) in [4.78, 5) is 12.8. The average molecular weight is 389 g/mol. The molecule has 0 unspecified atom stereocenters. The summed E-state index contributed by atoms with van der Waals surface area (Å²) in [5.74, 6) is 0.593. The van der Waals surface area contributed by atoms with E-state index < -0.39 is 0 Å². The maximum Gasteiger partial charge on any atom is 0.255 e. The highest BCUT2D eigenvalue weighted by molar-refractivity contribution is 6.04. The van der Waals surface area contributed by atoms with E-state index in [9.17, 15) is 4.79 Å². The molecule has 3 rings (SSSR count). The number of amides is 1. The summed E-state index contributed by atoms with van der Waals surface area (Å²) in [6.45, 7) is 7.36. The molecule has 0 aliphatic heterocycles. The first-order valence-corrected chi connectivity index (χ1v) is 9.83. The van der Waals surface area contributed by atoms with E-state index in [0.717, 1.165) is 33.7 Å². The molecule has 4 nitrogen and oxygen atoms in total. The van der Waals surface area contributed by atoms with Crippen LogP contribution in [0.15, 0.2) is 66.7 Å². The van der Waals surface area contributed by atoms with E-state index in [4.69, 9.17) is 9.47 Å². The second-order valence-electron chi connectivity index (χ2n) is 7.01. The van der Waals surface area contributed by atoms with Gasteiger partial charge in [0, 0.05) is 16.8 Å². The Hall–Kier alpha value is -3.11. The van der Waals surface area contributed by atoms with Crippen LogP contribution in [0.4, 0.5) is 5.69 Å². The first kappa shape index (κ1) is 20.6. The number of nitrogens with one attached hydrogen (secondary N) is 1. The first-order valence-electron chi connectivity index (χ1n) is 9.83. The lowest BCUT2D eigenvalue weighted by Gasteiger charge is -2.14. The fourth-order valence-electron chi connectivity index (χ4n) is 3.05. The molecule has 0 saturated carbocycles. The number of anilines is 1. The van der Waals surface area contributed by atoms with Gasteiger partial charge in [-0.3, -0.25) is 4.79 Å². The minimum Gasteiger partial charge on any atom is -0.494 e. The Bertz CT molecular complexity index is 967. The van der Waals surface area contributed by atoms with E-state index in [2.05, 4.69) is 5.32 Å². The second kappa shape index (κ2) is 9.89. The van der Waals surface area contributed by atoms with Crippen LogP contribution >= 0.6 is 0 Å². The third-order valence-electron chi connectivity index (χ3n) is 4.63. The van der Waals surface area contributed by atoms with Crippen molar-refractivity contribution in [2.75, 3.05) is 11.9 Å². The van der Waals surface area contributed by atoms with Crippen molar-refractivity contribution < 1.29 is 14.3 Å². The summed E-state index contributed by atoms with van der Waals surface area (Å²) in [6.07, 6.45) is 0. The Morgan fingerprint density at radius 1 is 0.931 bits per heavy atom. The SMILES string of the molecule is CCOc1ccc(C(=O)Nc2cc(C)ccc2C)cc1COCc1ccccc1. The molecule has 29 heavy (non-hydrogen) atoms. The summed E-state index contributed by atoms with van der Waals surface area (Å²) >= 11 is 0. The molecule has 0 aliphatic carbocycles. The summed E-state index contributed by atoms with van der Waals surface area (Å²) < 4.78 is 11.6. The highest BCUT2D eigenvalue weighted by Gasteiger charge is 2.12. The molecule has 150 valence electrons. The number of rotatable bonds is 8. The molecule has 0 bridgehead atoms. The molecule has 4 heteroatoms. The molecule has 0 saturated heterocycles. The van der Waals surface area contributed by atoms with Crippen LogP contribution in [0, 0.1) is 13.8 Å². The predicted molar refractivity (Wildman–Crippen MR) is 116 cm³/mol. The predicted octanol–water partition coefficient (Wildman–Crippen LogP) is 5.67. The highest BCUT2D eigenvalue weighted by Crippen LogP contribution is 2.23. The van der Waals surface area contributed by atoms with Crippen LogP contribution in [0.1, 0.15) is 39.5 Å². The van der Waals surface area contributed by atoms with Gasteiger partial charge in [0.15, 0.2) is 0 Å². The van der Waals surface area contributed by atoms with Gasteiger partial charge >= 0.3 is 0 Å². The lowest BCUT2D eigenvalue weighted by atomic mass is 10.1. The van der Waals surface area contributed by atoms with Gasteiger partial charge in [0.1, 0.15) is 5.75 Å². The summed E-state index contributed by atoms with van der Waals surface area (Å²) in [6, 6.07) is 21.5. The lowest BCUT2D eigenvalue weighted by Crippen LogP contribution is -2.13. The maximum atomic E-state index is 12.8.